The van der Waals surface area contributed by atoms with E-state index in [9.17, 15) is 13.2 Å². The Labute approximate surface area is 132 Å². The lowest BCUT2D eigenvalue weighted by molar-refractivity contribution is -0.137. The van der Waals surface area contributed by atoms with Crippen LogP contribution in [0.2, 0.25) is 0 Å². The molecule has 1 aromatic heterocycles. The van der Waals surface area contributed by atoms with Crippen LogP contribution in [0.25, 0.3) is 10.9 Å². The van der Waals surface area contributed by atoms with Gasteiger partial charge in [0.05, 0.1) is 11.1 Å². The van der Waals surface area contributed by atoms with Gasteiger partial charge < -0.3 is 4.74 Å². The van der Waals surface area contributed by atoms with Gasteiger partial charge in [-0.3, -0.25) is 4.98 Å². The summed E-state index contributed by atoms with van der Waals surface area (Å²) < 4.78 is 44.2. The summed E-state index contributed by atoms with van der Waals surface area (Å²) in [5.74, 6) is 0.876. The van der Waals surface area contributed by atoms with E-state index in [2.05, 4.69) is 20.9 Å². The molecule has 0 bridgehead atoms. The van der Waals surface area contributed by atoms with E-state index >= 15 is 0 Å². The van der Waals surface area contributed by atoms with Crippen LogP contribution in [0, 0.1) is 0 Å². The lowest BCUT2D eigenvalue weighted by Crippen LogP contribution is -2.04. The fraction of sp³-hybridized carbons (Fsp3) is 0.0625. The molecule has 3 aromatic rings. The average Bonchev–Trinajstić information content (AvgIpc) is 2.47. The smallest absolute Gasteiger partial charge is 0.416 e. The summed E-state index contributed by atoms with van der Waals surface area (Å²) in [5, 5.41) is 0.783. The Balaban J connectivity index is 1.93. The van der Waals surface area contributed by atoms with Crippen molar-refractivity contribution in [2.24, 2.45) is 0 Å². The highest BCUT2D eigenvalue weighted by atomic mass is 79.9. The number of nitrogens with zero attached hydrogens (tertiary/aromatic N) is 1. The van der Waals surface area contributed by atoms with Gasteiger partial charge in [-0.05, 0) is 48.5 Å². The molecule has 0 aliphatic rings. The lowest BCUT2D eigenvalue weighted by Gasteiger charge is -2.10. The Hall–Kier alpha value is -2.08. The van der Waals surface area contributed by atoms with Gasteiger partial charge in [-0.25, -0.2) is 0 Å². The second kappa shape index (κ2) is 5.61. The number of benzene rings is 2. The van der Waals surface area contributed by atoms with Crippen LogP contribution >= 0.6 is 15.9 Å². The molecule has 3 rings (SSSR count). The van der Waals surface area contributed by atoms with E-state index in [1.165, 1.54) is 12.1 Å². The van der Waals surface area contributed by atoms with Crippen molar-refractivity contribution < 1.29 is 17.9 Å². The monoisotopic (exact) mass is 367 g/mol. The fourth-order valence-corrected chi connectivity index (χ4v) is 2.37. The number of hydrogen-bond acceptors (Lipinski definition) is 2. The van der Waals surface area contributed by atoms with Crippen molar-refractivity contribution in [1.82, 2.24) is 4.98 Å². The van der Waals surface area contributed by atoms with Gasteiger partial charge in [0.15, 0.2) is 0 Å². The summed E-state index contributed by atoms with van der Waals surface area (Å²) in [5.41, 5.74) is 0.0298. The van der Waals surface area contributed by atoms with Crippen LogP contribution < -0.4 is 4.74 Å². The molecule has 2 aromatic carbocycles. The maximum absolute atomic E-state index is 12.5. The molecule has 112 valence electrons. The molecular formula is C16H9BrF3NO. The highest BCUT2D eigenvalue weighted by molar-refractivity contribution is 9.10. The van der Waals surface area contributed by atoms with Crippen LogP contribution in [0.3, 0.4) is 0 Å². The normalized spacial score (nSPS) is 11.6. The molecule has 0 amide bonds. The van der Waals surface area contributed by atoms with E-state index in [0.717, 1.165) is 27.5 Å². The largest absolute Gasteiger partial charge is 0.457 e. The third-order valence-electron chi connectivity index (χ3n) is 3.07. The molecule has 0 saturated carbocycles. The lowest BCUT2D eigenvalue weighted by atomic mass is 10.2. The number of fused-ring (bicyclic) bond motifs is 1. The Morgan fingerprint density at radius 3 is 2.36 bits per heavy atom. The van der Waals surface area contributed by atoms with Crippen LogP contribution in [0.15, 0.2) is 59.2 Å². The van der Waals surface area contributed by atoms with Crippen molar-refractivity contribution in [3.05, 3.63) is 64.8 Å². The topological polar surface area (TPSA) is 22.1 Å². The van der Waals surface area contributed by atoms with Gasteiger partial charge in [0.1, 0.15) is 11.5 Å². The first-order valence-electron chi connectivity index (χ1n) is 6.33. The predicted molar refractivity (Wildman–Crippen MR) is 81.0 cm³/mol. The number of rotatable bonds is 2. The second-order valence-electron chi connectivity index (χ2n) is 4.59. The molecule has 2 nitrogen and oxygen atoms in total. The minimum Gasteiger partial charge on any atom is -0.457 e. The van der Waals surface area contributed by atoms with E-state index in [1.54, 1.807) is 12.3 Å². The van der Waals surface area contributed by atoms with Gasteiger partial charge in [-0.15, -0.1) is 0 Å². The molecule has 0 aliphatic heterocycles. The van der Waals surface area contributed by atoms with Crippen molar-refractivity contribution in [2.75, 3.05) is 0 Å². The summed E-state index contributed by atoms with van der Waals surface area (Å²) in [6, 6.07) is 11.8. The molecule has 0 fully saturated rings. The Kier molecular flexibility index (Phi) is 3.78. The second-order valence-corrected chi connectivity index (χ2v) is 5.51. The maximum atomic E-state index is 12.5. The van der Waals surface area contributed by atoms with E-state index in [-0.39, 0.29) is 0 Å². The molecule has 0 radical (unpaired) electrons. The third-order valence-corrected chi connectivity index (χ3v) is 3.57. The predicted octanol–water partition coefficient (Wildman–Crippen LogP) is 5.81. The minimum absolute atomic E-state index is 0.336. The van der Waals surface area contributed by atoms with Crippen molar-refractivity contribution in [2.45, 2.75) is 6.18 Å². The van der Waals surface area contributed by atoms with Crippen LogP contribution in [0.1, 0.15) is 5.56 Å². The number of halogens is 4. The highest BCUT2D eigenvalue weighted by Crippen LogP contribution is 2.33. The van der Waals surface area contributed by atoms with Gasteiger partial charge in [0, 0.05) is 16.1 Å². The van der Waals surface area contributed by atoms with Crippen LogP contribution in [-0.2, 0) is 6.18 Å². The van der Waals surface area contributed by atoms with Crippen molar-refractivity contribution in [3.63, 3.8) is 0 Å². The molecule has 6 heteroatoms. The van der Waals surface area contributed by atoms with Crippen LogP contribution in [-0.4, -0.2) is 4.98 Å². The molecule has 0 aliphatic carbocycles. The molecule has 22 heavy (non-hydrogen) atoms. The van der Waals surface area contributed by atoms with E-state index in [0.29, 0.717) is 11.5 Å². The number of ether oxygens (including phenoxy) is 1. The van der Waals surface area contributed by atoms with Crippen LogP contribution in [0.4, 0.5) is 13.2 Å². The molecule has 0 atom stereocenters. The zero-order valence-electron chi connectivity index (χ0n) is 11.1. The van der Waals surface area contributed by atoms with Gasteiger partial charge >= 0.3 is 6.18 Å². The SMILES string of the molecule is FC(F)(F)c1ccc(Oc2ccnc3cc(Br)ccc23)cc1. The van der Waals surface area contributed by atoms with Gasteiger partial charge in [-0.2, -0.15) is 13.2 Å². The van der Waals surface area contributed by atoms with Gasteiger partial charge in [0.25, 0.3) is 0 Å². The van der Waals surface area contributed by atoms with E-state index in [1.807, 2.05) is 18.2 Å². The average molecular weight is 368 g/mol. The molecule has 0 N–H and O–H groups in total. The Bertz CT molecular complexity index is 816. The molecule has 0 spiro atoms. The maximum Gasteiger partial charge on any atom is 0.416 e. The summed E-state index contributed by atoms with van der Waals surface area (Å²) >= 11 is 3.36. The van der Waals surface area contributed by atoms with Crippen LogP contribution in [0.5, 0.6) is 11.5 Å². The standard InChI is InChI=1S/C16H9BrF3NO/c17-11-3-6-13-14(9-11)21-8-7-15(13)22-12-4-1-10(2-5-12)16(18,19)20/h1-9H. The van der Waals surface area contributed by atoms with Gasteiger partial charge in [-0.1, -0.05) is 15.9 Å². The summed E-state index contributed by atoms with van der Waals surface area (Å²) in [4.78, 5) is 4.23. The Morgan fingerprint density at radius 1 is 0.955 bits per heavy atom. The summed E-state index contributed by atoms with van der Waals surface area (Å²) in [6.07, 6.45) is -2.76. The number of hydrogen-bond donors (Lipinski definition) is 0. The van der Waals surface area contributed by atoms with Crippen molar-refractivity contribution >= 4 is 26.8 Å². The summed E-state index contributed by atoms with van der Waals surface area (Å²) in [7, 11) is 0. The first-order chi connectivity index (χ1) is 10.4. The van der Waals surface area contributed by atoms with Crippen molar-refractivity contribution in [3.8, 4) is 11.5 Å². The third kappa shape index (κ3) is 3.06. The summed E-state index contributed by atoms with van der Waals surface area (Å²) in [6.45, 7) is 0. The zero-order chi connectivity index (χ0) is 15.7. The molecule has 1 heterocycles. The zero-order valence-corrected chi connectivity index (χ0v) is 12.6. The molecule has 0 saturated heterocycles. The van der Waals surface area contributed by atoms with Crippen molar-refractivity contribution in [1.29, 1.82) is 0 Å². The number of aromatic nitrogens is 1. The quantitative estimate of drug-likeness (QED) is 0.570. The highest BCUT2D eigenvalue weighted by Gasteiger charge is 2.30. The van der Waals surface area contributed by atoms with E-state index in [4.69, 9.17) is 4.74 Å². The molecule has 0 unspecified atom stereocenters. The first kappa shape index (κ1) is 14.8. The van der Waals surface area contributed by atoms with Gasteiger partial charge in [0.2, 0.25) is 0 Å². The first-order valence-corrected chi connectivity index (χ1v) is 7.12. The fourth-order valence-electron chi connectivity index (χ4n) is 2.02. The number of pyridine rings is 1. The Morgan fingerprint density at radius 2 is 1.68 bits per heavy atom. The van der Waals surface area contributed by atoms with E-state index < -0.39 is 11.7 Å². The number of alkyl halides is 3. The molecular weight excluding hydrogens is 359 g/mol. The minimum atomic E-state index is -4.35.